The van der Waals surface area contributed by atoms with Gasteiger partial charge in [-0.15, -0.1) is 0 Å². The maximum absolute atomic E-state index is 13.3. The smallest absolute Gasteiger partial charge is 0.295 e. The zero-order valence-corrected chi connectivity index (χ0v) is 20.0. The SMILES string of the molecule is CCCCN1C(=O)C(=O)/C(=C(\O)c2cccc(OCC(C)C)c2)C1c1cccc2ccccc12. The molecule has 5 heteroatoms. The predicted molar refractivity (Wildman–Crippen MR) is 135 cm³/mol. The number of unbranched alkanes of at least 4 members (excludes halogenated alkanes) is 1. The standard InChI is InChI=1S/C29H31NO4/c1-4-5-16-30-26(24-15-9-11-20-10-6-7-14-23(20)24)25(28(32)29(30)33)27(31)21-12-8-13-22(17-21)34-18-19(2)3/h6-15,17,19,26,31H,4-5,16,18H2,1-3H3/b27-25-. The van der Waals surface area contributed by atoms with Gasteiger partial charge in [0.1, 0.15) is 11.5 Å². The summed E-state index contributed by atoms with van der Waals surface area (Å²) in [6.07, 6.45) is 1.66. The number of aliphatic hydroxyl groups excluding tert-OH is 1. The van der Waals surface area contributed by atoms with Crippen molar-refractivity contribution in [3.8, 4) is 5.75 Å². The highest BCUT2D eigenvalue weighted by Crippen LogP contribution is 2.42. The molecule has 5 nitrogen and oxygen atoms in total. The molecule has 1 atom stereocenters. The van der Waals surface area contributed by atoms with E-state index in [1.54, 1.807) is 23.1 Å². The van der Waals surface area contributed by atoms with Gasteiger partial charge < -0.3 is 14.7 Å². The third-order valence-electron chi connectivity index (χ3n) is 6.10. The van der Waals surface area contributed by atoms with Gasteiger partial charge in [0.25, 0.3) is 11.7 Å². The molecule has 1 amide bonds. The van der Waals surface area contributed by atoms with E-state index in [-0.39, 0.29) is 11.3 Å². The number of Topliss-reactive ketones (excluding diaryl/α,β-unsaturated/α-hetero) is 1. The van der Waals surface area contributed by atoms with Gasteiger partial charge in [-0.3, -0.25) is 9.59 Å². The van der Waals surface area contributed by atoms with Crippen LogP contribution in [0, 0.1) is 5.92 Å². The van der Waals surface area contributed by atoms with E-state index < -0.39 is 17.7 Å². The average molecular weight is 458 g/mol. The summed E-state index contributed by atoms with van der Waals surface area (Å²) >= 11 is 0. The topological polar surface area (TPSA) is 66.8 Å². The summed E-state index contributed by atoms with van der Waals surface area (Å²) in [6.45, 7) is 7.16. The summed E-state index contributed by atoms with van der Waals surface area (Å²) < 4.78 is 5.82. The van der Waals surface area contributed by atoms with Crippen LogP contribution in [-0.2, 0) is 9.59 Å². The molecule has 1 saturated heterocycles. The third kappa shape index (κ3) is 4.56. The molecule has 34 heavy (non-hydrogen) atoms. The van der Waals surface area contributed by atoms with Crippen molar-refractivity contribution in [2.75, 3.05) is 13.2 Å². The molecule has 1 aliphatic heterocycles. The summed E-state index contributed by atoms with van der Waals surface area (Å²) in [5.41, 5.74) is 1.42. The fourth-order valence-corrected chi connectivity index (χ4v) is 4.40. The zero-order chi connectivity index (χ0) is 24.2. The van der Waals surface area contributed by atoms with Gasteiger partial charge in [-0.1, -0.05) is 81.8 Å². The minimum absolute atomic E-state index is 0.124. The number of hydrogen-bond donors (Lipinski definition) is 1. The van der Waals surface area contributed by atoms with Crippen molar-refractivity contribution in [1.29, 1.82) is 0 Å². The Bertz CT molecular complexity index is 1240. The van der Waals surface area contributed by atoms with Crippen molar-refractivity contribution in [2.45, 2.75) is 39.7 Å². The minimum Gasteiger partial charge on any atom is -0.507 e. The largest absolute Gasteiger partial charge is 0.507 e. The van der Waals surface area contributed by atoms with Gasteiger partial charge in [-0.2, -0.15) is 0 Å². The van der Waals surface area contributed by atoms with Crippen LogP contribution in [-0.4, -0.2) is 34.8 Å². The Hall–Kier alpha value is -3.60. The lowest BCUT2D eigenvalue weighted by molar-refractivity contribution is -0.139. The summed E-state index contributed by atoms with van der Waals surface area (Å²) in [5.74, 6) is -0.433. The molecule has 0 radical (unpaired) electrons. The summed E-state index contributed by atoms with van der Waals surface area (Å²) in [4.78, 5) is 28.0. The molecule has 176 valence electrons. The first-order chi connectivity index (χ1) is 16.4. The highest BCUT2D eigenvalue weighted by molar-refractivity contribution is 6.46. The molecule has 1 heterocycles. The van der Waals surface area contributed by atoms with Crippen LogP contribution in [0.1, 0.15) is 50.8 Å². The Kier molecular flexibility index (Phi) is 7.01. The van der Waals surface area contributed by atoms with Gasteiger partial charge in [-0.25, -0.2) is 0 Å². The molecule has 0 spiro atoms. The van der Waals surface area contributed by atoms with E-state index in [1.807, 2.05) is 55.5 Å². The van der Waals surface area contributed by atoms with E-state index in [2.05, 4.69) is 13.8 Å². The number of fused-ring (bicyclic) bond motifs is 1. The zero-order valence-electron chi connectivity index (χ0n) is 20.0. The van der Waals surface area contributed by atoms with Crippen molar-refractivity contribution >= 4 is 28.2 Å². The number of likely N-dealkylation sites (tertiary alicyclic amines) is 1. The molecular formula is C29H31NO4. The van der Waals surface area contributed by atoms with Gasteiger partial charge in [-0.05, 0) is 40.8 Å². The lowest BCUT2D eigenvalue weighted by Gasteiger charge is -2.26. The maximum atomic E-state index is 13.3. The van der Waals surface area contributed by atoms with Crippen molar-refractivity contribution in [3.63, 3.8) is 0 Å². The number of aliphatic hydroxyl groups is 1. The molecule has 3 aromatic rings. The van der Waals surface area contributed by atoms with E-state index in [1.165, 1.54) is 0 Å². The normalized spacial score (nSPS) is 17.6. The van der Waals surface area contributed by atoms with Crippen molar-refractivity contribution in [1.82, 2.24) is 4.90 Å². The number of nitrogens with zero attached hydrogens (tertiary/aromatic N) is 1. The first-order valence-corrected chi connectivity index (χ1v) is 11.9. The van der Waals surface area contributed by atoms with E-state index in [0.29, 0.717) is 30.4 Å². The van der Waals surface area contributed by atoms with E-state index in [9.17, 15) is 14.7 Å². The number of hydrogen-bond acceptors (Lipinski definition) is 4. The molecule has 0 saturated carbocycles. The summed E-state index contributed by atoms with van der Waals surface area (Å²) in [7, 11) is 0. The quantitative estimate of drug-likeness (QED) is 0.252. The molecule has 0 bridgehead atoms. The summed E-state index contributed by atoms with van der Waals surface area (Å²) in [5, 5.41) is 13.4. The lowest BCUT2D eigenvalue weighted by atomic mass is 9.91. The molecule has 3 aromatic carbocycles. The first-order valence-electron chi connectivity index (χ1n) is 11.9. The van der Waals surface area contributed by atoms with Gasteiger partial charge in [0, 0.05) is 12.1 Å². The van der Waals surface area contributed by atoms with Crippen LogP contribution in [0.4, 0.5) is 0 Å². The molecule has 0 aliphatic carbocycles. The van der Waals surface area contributed by atoms with Crippen molar-refractivity contribution in [2.24, 2.45) is 5.92 Å². The number of amides is 1. The fourth-order valence-electron chi connectivity index (χ4n) is 4.40. The second-order valence-corrected chi connectivity index (χ2v) is 9.15. The van der Waals surface area contributed by atoms with Crippen molar-refractivity contribution < 1.29 is 19.4 Å². The predicted octanol–water partition coefficient (Wildman–Crippen LogP) is 6.10. The van der Waals surface area contributed by atoms with E-state index >= 15 is 0 Å². The molecule has 4 rings (SSSR count). The highest BCUT2D eigenvalue weighted by atomic mass is 16.5. The van der Waals surface area contributed by atoms with Crippen LogP contribution in [0.15, 0.2) is 72.3 Å². The van der Waals surface area contributed by atoms with Crippen LogP contribution in [0.3, 0.4) is 0 Å². The Labute approximate surface area is 200 Å². The minimum atomic E-state index is -0.655. The molecule has 1 N–H and O–H groups in total. The Morgan fingerprint density at radius 3 is 2.53 bits per heavy atom. The molecular weight excluding hydrogens is 426 g/mol. The number of carbonyl (C=O) groups is 2. The van der Waals surface area contributed by atoms with Gasteiger partial charge in [0.15, 0.2) is 0 Å². The molecule has 1 unspecified atom stereocenters. The monoisotopic (exact) mass is 457 g/mol. The van der Waals surface area contributed by atoms with E-state index in [0.717, 1.165) is 29.2 Å². The third-order valence-corrected chi connectivity index (χ3v) is 6.10. The van der Waals surface area contributed by atoms with Crippen LogP contribution >= 0.6 is 0 Å². The lowest BCUT2D eigenvalue weighted by Crippen LogP contribution is -2.30. The number of rotatable bonds is 8. The van der Waals surface area contributed by atoms with Gasteiger partial charge in [0.05, 0.1) is 18.2 Å². The Balaban J connectivity index is 1.87. The Morgan fingerprint density at radius 1 is 1.03 bits per heavy atom. The van der Waals surface area contributed by atoms with Crippen molar-refractivity contribution in [3.05, 3.63) is 83.4 Å². The number of benzene rings is 3. The van der Waals surface area contributed by atoms with Gasteiger partial charge in [0.2, 0.25) is 0 Å². The second-order valence-electron chi connectivity index (χ2n) is 9.15. The highest BCUT2D eigenvalue weighted by Gasteiger charge is 2.46. The number of carbonyl (C=O) groups excluding carboxylic acids is 2. The number of ketones is 1. The average Bonchev–Trinajstić information content (AvgIpc) is 3.10. The Morgan fingerprint density at radius 2 is 1.76 bits per heavy atom. The second kappa shape index (κ2) is 10.1. The number of ether oxygens (including phenoxy) is 1. The molecule has 1 aliphatic rings. The van der Waals surface area contributed by atoms with Crippen LogP contribution in [0.25, 0.3) is 16.5 Å². The maximum Gasteiger partial charge on any atom is 0.295 e. The van der Waals surface area contributed by atoms with E-state index in [4.69, 9.17) is 4.74 Å². The van der Waals surface area contributed by atoms with Crippen LogP contribution in [0.2, 0.25) is 0 Å². The molecule has 0 aromatic heterocycles. The first kappa shape index (κ1) is 23.6. The van der Waals surface area contributed by atoms with Crippen LogP contribution < -0.4 is 4.74 Å². The summed E-state index contributed by atoms with van der Waals surface area (Å²) in [6, 6.07) is 20.2. The fraction of sp³-hybridized carbons (Fsp3) is 0.310. The van der Waals surface area contributed by atoms with Gasteiger partial charge >= 0.3 is 0 Å². The molecule has 1 fully saturated rings. The van der Waals surface area contributed by atoms with Crippen LogP contribution in [0.5, 0.6) is 5.75 Å².